The van der Waals surface area contributed by atoms with Crippen LogP contribution in [0.5, 0.6) is 17.2 Å². The van der Waals surface area contributed by atoms with Gasteiger partial charge in [0.1, 0.15) is 17.1 Å². The normalized spacial score (nSPS) is 13.2. The number of furan rings is 1. The number of aryl methyl sites for hydroxylation is 1. The molecule has 0 saturated heterocycles. The minimum Gasteiger partial charge on any atom is -0.508 e. The molecule has 174 valence electrons. The van der Waals surface area contributed by atoms with E-state index in [2.05, 4.69) is 5.32 Å². The Labute approximate surface area is 194 Å². The Morgan fingerprint density at radius 2 is 1.85 bits per heavy atom. The number of carbonyl (C=O) groups excluding carboxylic acids is 1. The molecule has 1 unspecified atom stereocenters. The quantitative estimate of drug-likeness (QED) is 0.380. The number of benzene rings is 2. The molecule has 0 aliphatic carbocycles. The molecule has 0 spiro atoms. The van der Waals surface area contributed by atoms with Crippen LogP contribution in [0.1, 0.15) is 35.6 Å². The lowest BCUT2D eigenvalue weighted by molar-refractivity contribution is -0.121. The fraction of sp³-hybridized carbons (Fsp3) is 0.231. The number of phenols is 1. The van der Waals surface area contributed by atoms with Crippen LogP contribution in [0.25, 0.3) is 11.0 Å². The highest BCUT2D eigenvalue weighted by Crippen LogP contribution is 2.42. The monoisotopic (exact) mass is 461 g/mol. The summed E-state index contributed by atoms with van der Waals surface area (Å²) in [4.78, 5) is 26.2. The number of rotatable bonds is 8. The largest absolute Gasteiger partial charge is 0.508 e. The van der Waals surface area contributed by atoms with Gasteiger partial charge >= 0.3 is 0 Å². The Hall–Kier alpha value is -4.20. The first kappa shape index (κ1) is 21.6. The summed E-state index contributed by atoms with van der Waals surface area (Å²) in [6.07, 6.45) is 4.33. The standard InChI is InChI=1S/C26H23NO7/c28-21-13-24-23(33-15-34-24)11-19(21)18(12-25(29)27-9-3-5-16-6-4-10-31-16)20-14-32-22-8-2-1-7-17(22)26(20)30/h1-2,4,6-8,10-11,13-14,18,28H,3,5,9,12,15H2,(H,27,29). The Morgan fingerprint density at radius 3 is 2.68 bits per heavy atom. The number of aromatic hydroxyl groups is 1. The van der Waals surface area contributed by atoms with Crippen LogP contribution in [0.4, 0.5) is 0 Å². The van der Waals surface area contributed by atoms with Gasteiger partial charge < -0.3 is 28.7 Å². The van der Waals surface area contributed by atoms with Crippen LogP contribution in [0, 0.1) is 0 Å². The maximum atomic E-state index is 13.3. The molecule has 1 atom stereocenters. The molecule has 4 aromatic rings. The number of para-hydroxylation sites is 1. The van der Waals surface area contributed by atoms with Crippen molar-refractivity contribution < 1.29 is 28.2 Å². The Balaban J connectivity index is 1.43. The molecule has 1 aliphatic rings. The van der Waals surface area contributed by atoms with E-state index in [1.165, 1.54) is 12.3 Å². The molecular weight excluding hydrogens is 438 g/mol. The molecule has 0 saturated carbocycles. The third-order valence-corrected chi connectivity index (χ3v) is 5.87. The molecule has 2 N–H and O–H groups in total. The van der Waals surface area contributed by atoms with Gasteiger partial charge in [0.05, 0.1) is 17.9 Å². The summed E-state index contributed by atoms with van der Waals surface area (Å²) in [6.45, 7) is 0.489. The second-order valence-corrected chi connectivity index (χ2v) is 8.07. The van der Waals surface area contributed by atoms with Gasteiger partial charge in [-0.1, -0.05) is 12.1 Å². The molecule has 0 radical (unpaired) electrons. The summed E-state index contributed by atoms with van der Waals surface area (Å²) in [5.41, 5.74) is 0.859. The van der Waals surface area contributed by atoms with Gasteiger partial charge in [0.15, 0.2) is 16.9 Å². The van der Waals surface area contributed by atoms with E-state index in [1.807, 2.05) is 12.1 Å². The predicted molar refractivity (Wildman–Crippen MR) is 123 cm³/mol. The molecule has 0 fully saturated rings. The van der Waals surface area contributed by atoms with Gasteiger partial charge in [-0.25, -0.2) is 0 Å². The van der Waals surface area contributed by atoms with Crippen molar-refractivity contribution in [3.63, 3.8) is 0 Å². The zero-order valence-corrected chi connectivity index (χ0v) is 18.3. The molecule has 34 heavy (non-hydrogen) atoms. The van der Waals surface area contributed by atoms with E-state index in [-0.39, 0.29) is 35.9 Å². The molecule has 8 nitrogen and oxygen atoms in total. The van der Waals surface area contributed by atoms with Crippen molar-refractivity contribution >= 4 is 16.9 Å². The highest BCUT2D eigenvalue weighted by molar-refractivity contribution is 5.80. The lowest BCUT2D eigenvalue weighted by atomic mass is 9.87. The Morgan fingerprint density at radius 1 is 1.03 bits per heavy atom. The van der Waals surface area contributed by atoms with Crippen LogP contribution < -0.4 is 20.2 Å². The fourth-order valence-electron chi connectivity index (χ4n) is 4.15. The fourth-order valence-corrected chi connectivity index (χ4v) is 4.15. The van der Waals surface area contributed by atoms with Crippen LogP contribution >= 0.6 is 0 Å². The van der Waals surface area contributed by atoms with Crippen LogP contribution in [-0.4, -0.2) is 24.4 Å². The van der Waals surface area contributed by atoms with Crippen LogP contribution in [0.3, 0.4) is 0 Å². The first-order chi connectivity index (χ1) is 16.6. The highest BCUT2D eigenvalue weighted by Gasteiger charge is 2.28. The zero-order chi connectivity index (χ0) is 23.5. The van der Waals surface area contributed by atoms with Crippen molar-refractivity contribution in [2.24, 2.45) is 0 Å². The summed E-state index contributed by atoms with van der Waals surface area (Å²) in [6, 6.07) is 13.7. The number of nitrogens with one attached hydrogen (secondary N) is 1. The summed E-state index contributed by atoms with van der Waals surface area (Å²) in [5.74, 6) is 0.614. The third-order valence-electron chi connectivity index (χ3n) is 5.87. The first-order valence-electron chi connectivity index (χ1n) is 11.0. The van der Waals surface area contributed by atoms with Crippen LogP contribution in [0.15, 0.2) is 74.7 Å². The molecule has 5 rings (SSSR count). The van der Waals surface area contributed by atoms with Crippen molar-refractivity contribution in [2.75, 3.05) is 13.3 Å². The van der Waals surface area contributed by atoms with E-state index in [0.717, 1.165) is 5.76 Å². The third kappa shape index (κ3) is 4.34. The molecule has 0 bridgehead atoms. The number of amides is 1. The number of hydrogen-bond donors (Lipinski definition) is 2. The molecular formula is C26H23NO7. The van der Waals surface area contributed by atoms with E-state index < -0.39 is 5.92 Å². The van der Waals surface area contributed by atoms with Crippen molar-refractivity contribution in [1.29, 1.82) is 0 Å². The molecule has 1 amide bonds. The van der Waals surface area contributed by atoms with Gasteiger partial charge in [-0.3, -0.25) is 9.59 Å². The van der Waals surface area contributed by atoms with Crippen molar-refractivity contribution in [3.05, 3.63) is 88.2 Å². The zero-order valence-electron chi connectivity index (χ0n) is 18.3. The molecule has 2 aromatic heterocycles. The Bertz CT molecular complexity index is 1370. The van der Waals surface area contributed by atoms with E-state index in [1.54, 1.807) is 36.6 Å². The van der Waals surface area contributed by atoms with Gasteiger partial charge in [0.25, 0.3) is 0 Å². The summed E-state index contributed by atoms with van der Waals surface area (Å²) >= 11 is 0. The summed E-state index contributed by atoms with van der Waals surface area (Å²) in [5, 5.41) is 14.0. The van der Waals surface area contributed by atoms with E-state index in [0.29, 0.717) is 47.4 Å². The van der Waals surface area contributed by atoms with Gasteiger partial charge in [-0.05, 0) is 36.8 Å². The lowest BCUT2D eigenvalue weighted by Crippen LogP contribution is -2.28. The van der Waals surface area contributed by atoms with Crippen molar-refractivity contribution in [1.82, 2.24) is 5.32 Å². The van der Waals surface area contributed by atoms with Gasteiger partial charge in [-0.2, -0.15) is 0 Å². The van der Waals surface area contributed by atoms with E-state index in [4.69, 9.17) is 18.3 Å². The summed E-state index contributed by atoms with van der Waals surface area (Å²) < 4.78 is 21.8. The SMILES string of the molecule is O=C(CC(c1cc2c(cc1O)OCO2)c1coc2ccccc2c1=O)NCCCc1ccco1. The number of carbonyl (C=O) groups is 1. The van der Waals surface area contributed by atoms with Crippen LogP contribution in [0.2, 0.25) is 0 Å². The number of phenolic OH excluding ortho intramolecular Hbond substituents is 1. The first-order valence-corrected chi connectivity index (χ1v) is 11.0. The smallest absolute Gasteiger partial charge is 0.231 e. The van der Waals surface area contributed by atoms with Gasteiger partial charge in [0.2, 0.25) is 12.7 Å². The van der Waals surface area contributed by atoms with E-state index in [9.17, 15) is 14.7 Å². The minimum absolute atomic E-state index is 0.0389. The average molecular weight is 461 g/mol. The van der Waals surface area contributed by atoms with Crippen molar-refractivity contribution in [2.45, 2.75) is 25.2 Å². The van der Waals surface area contributed by atoms with E-state index >= 15 is 0 Å². The van der Waals surface area contributed by atoms with Crippen molar-refractivity contribution in [3.8, 4) is 17.2 Å². The number of ether oxygens (including phenoxy) is 2. The molecule has 2 aromatic carbocycles. The summed E-state index contributed by atoms with van der Waals surface area (Å²) in [7, 11) is 0. The minimum atomic E-state index is -0.750. The highest BCUT2D eigenvalue weighted by atomic mass is 16.7. The van der Waals surface area contributed by atoms with Gasteiger partial charge in [0, 0.05) is 42.5 Å². The second kappa shape index (κ2) is 9.35. The van der Waals surface area contributed by atoms with Crippen LogP contribution in [-0.2, 0) is 11.2 Å². The second-order valence-electron chi connectivity index (χ2n) is 8.07. The lowest BCUT2D eigenvalue weighted by Gasteiger charge is -2.19. The molecule has 1 aliphatic heterocycles. The Kier molecular flexibility index (Phi) is 5.95. The predicted octanol–water partition coefficient (Wildman–Crippen LogP) is 4.09. The molecule has 3 heterocycles. The average Bonchev–Trinajstić information content (AvgIpc) is 3.52. The molecule has 8 heteroatoms. The maximum Gasteiger partial charge on any atom is 0.231 e. The number of fused-ring (bicyclic) bond motifs is 2. The number of hydrogen-bond acceptors (Lipinski definition) is 7. The van der Waals surface area contributed by atoms with Gasteiger partial charge in [-0.15, -0.1) is 0 Å². The topological polar surface area (TPSA) is 111 Å². The maximum absolute atomic E-state index is 13.3.